The lowest BCUT2D eigenvalue weighted by atomic mass is 9.99. The maximum absolute atomic E-state index is 8.24. The van der Waals surface area contributed by atoms with Gasteiger partial charge in [0.15, 0.2) is 0 Å². The van der Waals surface area contributed by atoms with Crippen LogP contribution in [0.3, 0.4) is 0 Å². The monoisotopic (exact) mass is 295 g/mol. The first kappa shape index (κ1) is 19.9. The summed E-state index contributed by atoms with van der Waals surface area (Å²) in [6, 6.07) is 8.36. The molecule has 0 aromatic heterocycles. The number of benzene rings is 1. The molecule has 1 aromatic rings. The van der Waals surface area contributed by atoms with Gasteiger partial charge in [0.2, 0.25) is 0 Å². The molecule has 0 unspecified atom stereocenters. The highest BCUT2D eigenvalue weighted by Crippen LogP contribution is 2.13. The molecule has 0 aliphatic rings. The van der Waals surface area contributed by atoms with Crippen molar-refractivity contribution in [2.24, 2.45) is 0 Å². The van der Waals surface area contributed by atoms with Crippen molar-refractivity contribution in [3.05, 3.63) is 83.5 Å². The Kier molecular flexibility index (Phi) is 10.4. The van der Waals surface area contributed by atoms with Crippen LogP contribution in [0.25, 0.3) is 0 Å². The summed E-state index contributed by atoms with van der Waals surface area (Å²) in [4.78, 5) is 0. The highest BCUT2D eigenvalue weighted by molar-refractivity contribution is 6.11. The standard InChI is InChI=1S/C19H23N.C2H6/c1-5-9-18(10-6-2)19(20)16(4)13-14-17-12-8-7-11-15(17)3;1-2/h5-13,20H,1,14H2,2-4H3;1-2H3/b10-6-,16-13-,18-9+,20-19?;. The van der Waals surface area contributed by atoms with Gasteiger partial charge in [0.25, 0.3) is 0 Å². The molecule has 1 N–H and O–H groups in total. The Balaban J connectivity index is 0.00000211. The molecule has 0 heterocycles. The van der Waals surface area contributed by atoms with E-state index < -0.39 is 0 Å². The van der Waals surface area contributed by atoms with E-state index in [9.17, 15) is 0 Å². The van der Waals surface area contributed by atoms with Crippen LogP contribution in [0.4, 0.5) is 0 Å². The van der Waals surface area contributed by atoms with Gasteiger partial charge in [0.1, 0.15) is 0 Å². The van der Waals surface area contributed by atoms with E-state index in [-0.39, 0.29) is 0 Å². The number of rotatable bonds is 6. The fraction of sp³-hybridized carbons (Fsp3) is 0.286. The molecule has 118 valence electrons. The third-order valence-corrected chi connectivity index (χ3v) is 3.22. The van der Waals surface area contributed by atoms with Crippen LogP contribution in [-0.4, -0.2) is 5.71 Å². The van der Waals surface area contributed by atoms with Crippen LogP contribution < -0.4 is 0 Å². The number of allylic oxidation sites excluding steroid dienone is 7. The number of nitrogens with one attached hydrogen (secondary N) is 1. The predicted molar refractivity (Wildman–Crippen MR) is 101 cm³/mol. The molecule has 0 radical (unpaired) electrons. The molecule has 1 heteroatoms. The summed E-state index contributed by atoms with van der Waals surface area (Å²) in [5, 5.41) is 8.24. The summed E-state index contributed by atoms with van der Waals surface area (Å²) < 4.78 is 0. The second-order valence-corrected chi connectivity index (χ2v) is 4.75. The molecule has 0 spiro atoms. The van der Waals surface area contributed by atoms with Crippen LogP contribution in [0, 0.1) is 12.3 Å². The zero-order chi connectivity index (χ0) is 17.0. The van der Waals surface area contributed by atoms with E-state index in [0.717, 1.165) is 17.6 Å². The smallest absolute Gasteiger partial charge is 0.0638 e. The van der Waals surface area contributed by atoms with E-state index in [2.05, 4.69) is 43.8 Å². The van der Waals surface area contributed by atoms with Gasteiger partial charge in [-0.15, -0.1) is 0 Å². The lowest BCUT2D eigenvalue weighted by molar-refractivity contribution is 1.20. The van der Waals surface area contributed by atoms with Crippen molar-refractivity contribution < 1.29 is 0 Å². The third kappa shape index (κ3) is 6.53. The first-order valence-electron chi connectivity index (χ1n) is 7.86. The quantitative estimate of drug-likeness (QED) is 0.476. The van der Waals surface area contributed by atoms with E-state index >= 15 is 0 Å². The van der Waals surface area contributed by atoms with Gasteiger partial charge in [-0.1, -0.05) is 75.1 Å². The van der Waals surface area contributed by atoms with Gasteiger partial charge in [0.05, 0.1) is 5.71 Å². The van der Waals surface area contributed by atoms with Crippen LogP contribution in [0.5, 0.6) is 0 Å². The summed E-state index contributed by atoms with van der Waals surface area (Å²) in [6.45, 7) is 13.8. The van der Waals surface area contributed by atoms with Crippen molar-refractivity contribution in [2.45, 2.75) is 41.0 Å². The van der Waals surface area contributed by atoms with Crippen LogP contribution in [-0.2, 0) is 6.42 Å². The minimum Gasteiger partial charge on any atom is -0.300 e. The summed E-state index contributed by atoms with van der Waals surface area (Å²) in [5.41, 5.74) is 5.02. The molecule has 0 fully saturated rings. The van der Waals surface area contributed by atoms with Crippen molar-refractivity contribution in [1.29, 1.82) is 5.41 Å². The number of aryl methyl sites for hydroxylation is 1. The van der Waals surface area contributed by atoms with E-state index in [0.29, 0.717) is 5.71 Å². The predicted octanol–water partition coefficient (Wildman–Crippen LogP) is 6.22. The largest absolute Gasteiger partial charge is 0.300 e. The molecule has 0 aliphatic heterocycles. The molecule has 1 rings (SSSR count). The molecule has 1 aromatic carbocycles. The average molecular weight is 295 g/mol. The van der Waals surface area contributed by atoms with Crippen molar-refractivity contribution in [2.75, 3.05) is 0 Å². The van der Waals surface area contributed by atoms with E-state index in [1.807, 2.05) is 45.9 Å². The minimum absolute atomic E-state index is 0.552. The third-order valence-electron chi connectivity index (χ3n) is 3.22. The van der Waals surface area contributed by atoms with Gasteiger partial charge >= 0.3 is 0 Å². The van der Waals surface area contributed by atoms with Crippen molar-refractivity contribution in [1.82, 2.24) is 0 Å². The Bertz CT molecular complexity index is 571. The van der Waals surface area contributed by atoms with E-state index in [1.165, 1.54) is 11.1 Å². The summed E-state index contributed by atoms with van der Waals surface area (Å²) in [7, 11) is 0. The maximum atomic E-state index is 8.24. The summed E-state index contributed by atoms with van der Waals surface area (Å²) >= 11 is 0. The van der Waals surface area contributed by atoms with E-state index in [1.54, 1.807) is 6.08 Å². The zero-order valence-corrected chi connectivity index (χ0v) is 14.6. The molecule has 0 bridgehead atoms. The Morgan fingerprint density at radius 2 is 1.86 bits per heavy atom. The molecular weight excluding hydrogens is 266 g/mol. The van der Waals surface area contributed by atoms with Crippen LogP contribution in [0.2, 0.25) is 0 Å². The fourth-order valence-electron chi connectivity index (χ4n) is 1.96. The Morgan fingerprint density at radius 3 is 2.41 bits per heavy atom. The van der Waals surface area contributed by atoms with Gasteiger partial charge in [0, 0.05) is 0 Å². The van der Waals surface area contributed by atoms with Gasteiger partial charge in [-0.25, -0.2) is 0 Å². The first-order chi connectivity index (χ1) is 10.6. The number of hydrogen-bond acceptors (Lipinski definition) is 1. The fourth-order valence-corrected chi connectivity index (χ4v) is 1.96. The highest BCUT2D eigenvalue weighted by atomic mass is 14.4. The van der Waals surface area contributed by atoms with Crippen LogP contribution in [0.15, 0.2) is 72.4 Å². The average Bonchev–Trinajstić information content (AvgIpc) is 2.55. The topological polar surface area (TPSA) is 23.9 Å². The Labute approximate surface area is 136 Å². The second kappa shape index (κ2) is 11.5. The molecule has 22 heavy (non-hydrogen) atoms. The first-order valence-corrected chi connectivity index (χ1v) is 7.86. The van der Waals surface area contributed by atoms with Gasteiger partial charge in [-0.3, -0.25) is 0 Å². The normalized spacial score (nSPS) is 11.9. The van der Waals surface area contributed by atoms with Crippen molar-refractivity contribution in [3.63, 3.8) is 0 Å². The number of hydrogen-bond donors (Lipinski definition) is 1. The summed E-state index contributed by atoms with van der Waals surface area (Å²) in [5.74, 6) is 0. The van der Waals surface area contributed by atoms with Crippen LogP contribution >= 0.6 is 0 Å². The zero-order valence-electron chi connectivity index (χ0n) is 14.6. The van der Waals surface area contributed by atoms with Crippen molar-refractivity contribution >= 4 is 5.71 Å². The summed E-state index contributed by atoms with van der Waals surface area (Å²) in [6.07, 6.45) is 10.4. The molecule has 0 atom stereocenters. The van der Waals surface area contributed by atoms with Gasteiger partial charge in [-0.2, -0.15) is 0 Å². The SMILES string of the molecule is C=C/C=C(\C=C/C)C(=N)/C(C)=C\Cc1ccccc1C.CC. The highest BCUT2D eigenvalue weighted by Gasteiger charge is 2.04. The molecule has 0 saturated heterocycles. The van der Waals surface area contributed by atoms with Gasteiger partial charge < -0.3 is 5.41 Å². The maximum Gasteiger partial charge on any atom is 0.0638 e. The Morgan fingerprint density at radius 1 is 1.23 bits per heavy atom. The van der Waals surface area contributed by atoms with Gasteiger partial charge in [-0.05, 0) is 49.5 Å². The Hall–Kier alpha value is -2.15. The molecule has 1 nitrogen and oxygen atoms in total. The second-order valence-electron chi connectivity index (χ2n) is 4.75. The lowest BCUT2D eigenvalue weighted by Gasteiger charge is -2.07. The molecular formula is C21H29N. The minimum atomic E-state index is 0.552. The van der Waals surface area contributed by atoms with Crippen LogP contribution in [0.1, 0.15) is 38.8 Å². The molecule has 0 aliphatic carbocycles. The lowest BCUT2D eigenvalue weighted by Crippen LogP contribution is -2.02. The molecule has 0 amide bonds. The van der Waals surface area contributed by atoms with E-state index in [4.69, 9.17) is 5.41 Å². The van der Waals surface area contributed by atoms with Crippen molar-refractivity contribution in [3.8, 4) is 0 Å². The molecule has 0 saturated carbocycles.